The smallest absolute Gasteiger partial charge is 0.228 e. The van der Waals surface area contributed by atoms with Crippen LogP contribution in [0.4, 0.5) is 5.69 Å². The molecule has 2 amide bonds. The number of hydrogen-bond acceptors (Lipinski definition) is 3. The van der Waals surface area contributed by atoms with Crippen molar-refractivity contribution in [2.24, 2.45) is 5.92 Å². The van der Waals surface area contributed by atoms with Crippen molar-refractivity contribution >= 4 is 17.5 Å². The number of furan rings is 1. The minimum absolute atomic E-state index is 0.0130. The Morgan fingerprint density at radius 3 is 2.70 bits per heavy atom. The fourth-order valence-corrected chi connectivity index (χ4v) is 3.67. The Labute approximate surface area is 160 Å². The van der Waals surface area contributed by atoms with Gasteiger partial charge in [-0.15, -0.1) is 0 Å². The van der Waals surface area contributed by atoms with Gasteiger partial charge >= 0.3 is 0 Å². The molecule has 0 aliphatic carbocycles. The summed E-state index contributed by atoms with van der Waals surface area (Å²) in [6, 6.07) is 11.8. The third-order valence-electron chi connectivity index (χ3n) is 5.41. The largest absolute Gasteiger partial charge is 0.464 e. The molecule has 0 N–H and O–H groups in total. The maximum Gasteiger partial charge on any atom is 0.228 e. The molecular weight excluding hydrogens is 340 g/mol. The van der Waals surface area contributed by atoms with E-state index in [-0.39, 0.29) is 24.2 Å². The summed E-state index contributed by atoms with van der Waals surface area (Å²) in [5.41, 5.74) is 2.11. The molecule has 27 heavy (non-hydrogen) atoms. The molecule has 5 nitrogen and oxygen atoms in total. The van der Waals surface area contributed by atoms with Crippen LogP contribution in [0.15, 0.2) is 40.8 Å². The average Bonchev–Trinajstić information content (AvgIpc) is 3.25. The zero-order chi connectivity index (χ0) is 19.6. The van der Waals surface area contributed by atoms with Crippen LogP contribution in [0, 0.1) is 12.8 Å². The number of carbonyl (C=O) groups is 2. The van der Waals surface area contributed by atoms with Crippen LogP contribution in [0.2, 0.25) is 0 Å². The summed E-state index contributed by atoms with van der Waals surface area (Å²) in [6.45, 7) is 7.05. The van der Waals surface area contributed by atoms with Crippen LogP contribution in [0.25, 0.3) is 0 Å². The highest BCUT2D eigenvalue weighted by molar-refractivity contribution is 6.00. The van der Waals surface area contributed by atoms with Crippen molar-refractivity contribution in [2.75, 3.05) is 18.5 Å². The van der Waals surface area contributed by atoms with E-state index in [0.29, 0.717) is 19.0 Å². The predicted molar refractivity (Wildman–Crippen MR) is 106 cm³/mol. The summed E-state index contributed by atoms with van der Waals surface area (Å²) >= 11 is 0. The van der Waals surface area contributed by atoms with Crippen LogP contribution in [0.5, 0.6) is 0 Å². The Bertz CT molecular complexity index is 826. The second-order valence-corrected chi connectivity index (χ2v) is 7.48. The molecule has 1 saturated heterocycles. The number of para-hydroxylation sites is 1. The van der Waals surface area contributed by atoms with E-state index in [2.05, 4.69) is 19.9 Å². The van der Waals surface area contributed by atoms with E-state index in [1.54, 1.807) is 16.8 Å². The van der Waals surface area contributed by atoms with Crippen molar-refractivity contribution in [3.05, 3.63) is 53.5 Å². The van der Waals surface area contributed by atoms with E-state index in [0.717, 1.165) is 23.6 Å². The molecule has 2 aromatic rings. The van der Waals surface area contributed by atoms with Crippen LogP contribution >= 0.6 is 0 Å². The van der Waals surface area contributed by atoms with Crippen LogP contribution in [0.1, 0.15) is 49.7 Å². The monoisotopic (exact) mass is 368 g/mol. The zero-order valence-electron chi connectivity index (χ0n) is 16.6. The molecule has 1 aliphatic rings. The summed E-state index contributed by atoms with van der Waals surface area (Å²) in [7, 11) is 1.76. The van der Waals surface area contributed by atoms with Gasteiger partial charge in [0, 0.05) is 25.7 Å². The SMILES string of the molecule is CC[C@@H](C)c1ccccc1N1C[C@@H](C(=O)N(C)Cc2ccc(C)o2)CC1=O. The maximum atomic E-state index is 12.9. The molecular formula is C22H28N2O3. The van der Waals surface area contributed by atoms with Gasteiger partial charge in [0.05, 0.1) is 12.5 Å². The quantitative estimate of drug-likeness (QED) is 0.771. The van der Waals surface area contributed by atoms with Gasteiger partial charge in [-0.1, -0.05) is 32.0 Å². The lowest BCUT2D eigenvalue weighted by atomic mass is 9.96. The van der Waals surface area contributed by atoms with Gasteiger partial charge in [0.25, 0.3) is 0 Å². The molecule has 0 bridgehead atoms. The molecule has 1 aromatic carbocycles. The second kappa shape index (κ2) is 7.99. The Morgan fingerprint density at radius 1 is 1.30 bits per heavy atom. The van der Waals surface area contributed by atoms with Crippen molar-refractivity contribution in [3.8, 4) is 0 Å². The van der Waals surface area contributed by atoms with Crippen LogP contribution in [0.3, 0.4) is 0 Å². The summed E-state index contributed by atoms with van der Waals surface area (Å²) in [6.07, 6.45) is 1.27. The standard InChI is InChI=1S/C22H28N2O3/c1-5-15(2)19-8-6-7-9-20(19)24-13-17(12-21(24)25)22(26)23(4)14-18-11-10-16(3)27-18/h6-11,15,17H,5,12-14H2,1-4H3/t15-,17+/m1/s1. The van der Waals surface area contributed by atoms with E-state index in [1.165, 1.54) is 5.56 Å². The first-order chi connectivity index (χ1) is 12.9. The van der Waals surface area contributed by atoms with Gasteiger partial charge in [0.15, 0.2) is 0 Å². The second-order valence-electron chi connectivity index (χ2n) is 7.48. The van der Waals surface area contributed by atoms with Gasteiger partial charge in [-0.25, -0.2) is 0 Å². The van der Waals surface area contributed by atoms with E-state index < -0.39 is 0 Å². The lowest BCUT2D eigenvalue weighted by molar-refractivity contribution is -0.135. The van der Waals surface area contributed by atoms with Crippen LogP contribution < -0.4 is 4.90 Å². The average molecular weight is 368 g/mol. The Balaban J connectivity index is 1.73. The lowest BCUT2D eigenvalue weighted by Crippen LogP contribution is -2.34. The third kappa shape index (κ3) is 4.07. The normalized spacial score (nSPS) is 18.0. The molecule has 144 valence electrons. The van der Waals surface area contributed by atoms with E-state index in [1.807, 2.05) is 37.3 Å². The molecule has 2 heterocycles. The minimum Gasteiger partial charge on any atom is -0.464 e. The first-order valence-corrected chi connectivity index (χ1v) is 9.60. The number of amides is 2. The highest BCUT2D eigenvalue weighted by atomic mass is 16.3. The molecule has 1 fully saturated rings. The van der Waals surface area contributed by atoms with Crippen molar-refractivity contribution in [1.82, 2.24) is 4.90 Å². The molecule has 0 spiro atoms. The molecule has 3 rings (SSSR count). The first-order valence-electron chi connectivity index (χ1n) is 9.60. The van der Waals surface area contributed by atoms with Crippen LogP contribution in [-0.2, 0) is 16.1 Å². The summed E-state index contributed by atoms with van der Waals surface area (Å²) < 4.78 is 5.56. The Kier molecular flexibility index (Phi) is 5.68. The maximum absolute atomic E-state index is 12.9. The van der Waals surface area contributed by atoms with Gasteiger partial charge in [0.2, 0.25) is 11.8 Å². The lowest BCUT2D eigenvalue weighted by Gasteiger charge is -2.24. The van der Waals surface area contributed by atoms with Gasteiger partial charge < -0.3 is 14.2 Å². The summed E-state index contributed by atoms with van der Waals surface area (Å²) in [4.78, 5) is 29.0. The van der Waals surface area contributed by atoms with Crippen molar-refractivity contribution in [3.63, 3.8) is 0 Å². The number of rotatable bonds is 6. The van der Waals surface area contributed by atoms with E-state index >= 15 is 0 Å². The molecule has 0 saturated carbocycles. The minimum atomic E-state index is -0.316. The number of hydrogen-bond donors (Lipinski definition) is 0. The molecule has 1 aliphatic heterocycles. The predicted octanol–water partition coefficient (Wildman–Crippen LogP) is 4.11. The van der Waals surface area contributed by atoms with Crippen molar-refractivity contribution in [2.45, 2.75) is 46.1 Å². The van der Waals surface area contributed by atoms with Crippen LogP contribution in [-0.4, -0.2) is 30.3 Å². The highest BCUT2D eigenvalue weighted by Gasteiger charge is 2.37. The summed E-state index contributed by atoms with van der Waals surface area (Å²) in [5.74, 6) is 1.64. The number of anilines is 1. The van der Waals surface area contributed by atoms with Crippen molar-refractivity contribution in [1.29, 1.82) is 0 Å². The fourth-order valence-electron chi connectivity index (χ4n) is 3.67. The van der Waals surface area contributed by atoms with Gasteiger partial charge in [-0.2, -0.15) is 0 Å². The van der Waals surface area contributed by atoms with E-state index in [4.69, 9.17) is 4.42 Å². The highest BCUT2D eigenvalue weighted by Crippen LogP contribution is 2.34. The van der Waals surface area contributed by atoms with Gasteiger partial charge in [0.1, 0.15) is 11.5 Å². The van der Waals surface area contributed by atoms with Gasteiger partial charge in [-0.05, 0) is 43.0 Å². The zero-order valence-corrected chi connectivity index (χ0v) is 16.6. The first kappa shape index (κ1) is 19.2. The topological polar surface area (TPSA) is 53.8 Å². The fraction of sp³-hybridized carbons (Fsp3) is 0.455. The molecule has 1 aromatic heterocycles. The Hall–Kier alpha value is -2.56. The molecule has 0 unspecified atom stereocenters. The van der Waals surface area contributed by atoms with E-state index in [9.17, 15) is 9.59 Å². The Morgan fingerprint density at radius 2 is 2.04 bits per heavy atom. The molecule has 5 heteroatoms. The molecule has 0 radical (unpaired) electrons. The summed E-state index contributed by atoms with van der Waals surface area (Å²) in [5, 5.41) is 0. The van der Waals surface area contributed by atoms with Crippen molar-refractivity contribution < 1.29 is 14.0 Å². The third-order valence-corrected chi connectivity index (χ3v) is 5.41. The molecule has 2 atom stereocenters. The number of benzene rings is 1. The number of aryl methyl sites for hydroxylation is 1. The number of carbonyl (C=O) groups excluding carboxylic acids is 2. The number of nitrogens with zero attached hydrogens (tertiary/aromatic N) is 2. The van der Waals surface area contributed by atoms with Gasteiger partial charge in [-0.3, -0.25) is 9.59 Å².